The van der Waals surface area contributed by atoms with Crippen molar-refractivity contribution in [2.24, 2.45) is 0 Å². The average Bonchev–Trinajstić information content (AvgIpc) is 3.41. The van der Waals surface area contributed by atoms with Crippen LogP contribution in [0.3, 0.4) is 0 Å². The van der Waals surface area contributed by atoms with Crippen LogP contribution in [0.1, 0.15) is 303 Å². The van der Waals surface area contributed by atoms with Crippen molar-refractivity contribution in [2.75, 3.05) is 13.2 Å². The molecule has 0 aromatic carbocycles. The Labute approximate surface area is 464 Å². The standard InChI is InChI=1S/C69H118O6/c1-4-7-10-13-16-19-22-24-25-26-27-28-29-30-31-32-33-34-35-36-37-38-39-40-41-42-43-45-47-50-53-56-59-62-68(71)74-65-66(64-73-67(70)61-58-55-52-49-46-21-18-15-12-9-6-3)75-69(72)63-60-57-54-51-48-44-23-20-17-14-11-8-5-2/h7,10-11,14,16,19-20,23-25,27-28,30-31,33-34,66H,4-6,8-9,12-13,15,17-18,21-22,26,29,32,35-65H2,1-3H3/b10-7-,14-11-,19-16-,23-20-,25-24-,28-27-,31-30-,34-33-. The van der Waals surface area contributed by atoms with Crippen molar-refractivity contribution in [3.63, 3.8) is 0 Å². The van der Waals surface area contributed by atoms with Crippen molar-refractivity contribution in [3.8, 4) is 0 Å². The van der Waals surface area contributed by atoms with Gasteiger partial charge in [0.1, 0.15) is 13.2 Å². The highest BCUT2D eigenvalue weighted by atomic mass is 16.6. The van der Waals surface area contributed by atoms with E-state index in [4.69, 9.17) is 14.2 Å². The Kier molecular flexibility index (Phi) is 59.8. The number of hydrogen-bond acceptors (Lipinski definition) is 6. The Morgan fingerprint density at radius 1 is 0.280 bits per heavy atom. The molecule has 0 amide bonds. The monoisotopic (exact) mass is 1040 g/mol. The second-order valence-corrected chi connectivity index (χ2v) is 20.9. The lowest BCUT2D eigenvalue weighted by atomic mass is 10.0. The Morgan fingerprint density at radius 2 is 0.547 bits per heavy atom. The van der Waals surface area contributed by atoms with Crippen molar-refractivity contribution in [2.45, 2.75) is 309 Å². The molecule has 0 aliphatic heterocycles. The van der Waals surface area contributed by atoms with Crippen LogP contribution in [-0.4, -0.2) is 37.2 Å². The van der Waals surface area contributed by atoms with E-state index in [2.05, 4.69) is 118 Å². The number of ether oxygens (including phenoxy) is 3. The van der Waals surface area contributed by atoms with Gasteiger partial charge in [-0.05, 0) is 96.3 Å². The maximum absolute atomic E-state index is 12.8. The first-order valence-electron chi connectivity index (χ1n) is 31.7. The van der Waals surface area contributed by atoms with Crippen molar-refractivity contribution in [3.05, 3.63) is 97.2 Å². The van der Waals surface area contributed by atoms with Gasteiger partial charge in [-0.2, -0.15) is 0 Å². The average molecular weight is 1040 g/mol. The smallest absolute Gasteiger partial charge is 0.306 e. The first kappa shape index (κ1) is 71.3. The molecule has 0 aromatic heterocycles. The summed E-state index contributed by atoms with van der Waals surface area (Å²) in [5.74, 6) is -0.887. The first-order chi connectivity index (χ1) is 37.0. The predicted octanol–water partition coefficient (Wildman–Crippen LogP) is 21.7. The van der Waals surface area contributed by atoms with Crippen LogP contribution in [0, 0.1) is 0 Å². The molecule has 430 valence electrons. The van der Waals surface area contributed by atoms with E-state index in [0.29, 0.717) is 19.3 Å². The van der Waals surface area contributed by atoms with E-state index in [1.807, 2.05) is 0 Å². The van der Waals surface area contributed by atoms with Crippen molar-refractivity contribution in [1.29, 1.82) is 0 Å². The Morgan fingerprint density at radius 3 is 0.867 bits per heavy atom. The summed E-state index contributed by atoms with van der Waals surface area (Å²) in [5, 5.41) is 0. The number of carbonyl (C=O) groups excluding carboxylic acids is 3. The van der Waals surface area contributed by atoms with Crippen LogP contribution in [0.25, 0.3) is 0 Å². The molecule has 0 saturated heterocycles. The van der Waals surface area contributed by atoms with E-state index >= 15 is 0 Å². The summed E-state index contributed by atoms with van der Waals surface area (Å²) in [6.45, 7) is 6.46. The van der Waals surface area contributed by atoms with Crippen LogP contribution in [0.15, 0.2) is 97.2 Å². The molecule has 0 radical (unpaired) electrons. The van der Waals surface area contributed by atoms with Gasteiger partial charge < -0.3 is 14.2 Å². The molecule has 0 fully saturated rings. The van der Waals surface area contributed by atoms with Gasteiger partial charge in [0.2, 0.25) is 0 Å². The van der Waals surface area contributed by atoms with Crippen LogP contribution >= 0.6 is 0 Å². The summed E-state index contributed by atoms with van der Waals surface area (Å²) in [4.78, 5) is 38.1. The van der Waals surface area contributed by atoms with Crippen molar-refractivity contribution < 1.29 is 28.6 Å². The maximum atomic E-state index is 12.8. The molecular weight excluding hydrogens is 925 g/mol. The Balaban J connectivity index is 4.12. The molecule has 0 bridgehead atoms. The van der Waals surface area contributed by atoms with E-state index in [0.717, 1.165) is 128 Å². The van der Waals surface area contributed by atoms with E-state index in [1.165, 1.54) is 135 Å². The Hall–Kier alpha value is -3.67. The third-order valence-corrected chi connectivity index (χ3v) is 13.6. The quantitative estimate of drug-likeness (QED) is 0.0261. The molecule has 1 unspecified atom stereocenters. The zero-order valence-corrected chi connectivity index (χ0v) is 49.3. The summed E-state index contributed by atoms with van der Waals surface area (Å²) in [6, 6.07) is 0. The second kappa shape index (κ2) is 62.9. The molecule has 0 aliphatic rings. The molecule has 0 saturated carbocycles. The molecule has 75 heavy (non-hydrogen) atoms. The van der Waals surface area contributed by atoms with E-state index in [-0.39, 0.29) is 31.1 Å². The van der Waals surface area contributed by atoms with Gasteiger partial charge in [0.05, 0.1) is 0 Å². The fourth-order valence-corrected chi connectivity index (χ4v) is 8.84. The van der Waals surface area contributed by atoms with E-state index in [1.54, 1.807) is 0 Å². The molecule has 6 nitrogen and oxygen atoms in total. The summed E-state index contributed by atoms with van der Waals surface area (Å²) >= 11 is 0. The van der Waals surface area contributed by atoms with Gasteiger partial charge in [0.25, 0.3) is 0 Å². The molecule has 1 atom stereocenters. The van der Waals surface area contributed by atoms with Gasteiger partial charge in [-0.15, -0.1) is 0 Å². The number of unbranched alkanes of at least 4 members (excludes halogenated alkanes) is 30. The molecule has 0 heterocycles. The van der Waals surface area contributed by atoms with Crippen molar-refractivity contribution in [1.82, 2.24) is 0 Å². The van der Waals surface area contributed by atoms with E-state index < -0.39 is 6.10 Å². The van der Waals surface area contributed by atoms with Gasteiger partial charge >= 0.3 is 17.9 Å². The van der Waals surface area contributed by atoms with Crippen LogP contribution in [-0.2, 0) is 28.6 Å². The van der Waals surface area contributed by atoms with Crippen LogP contribution in [0.5, 0.6) is 0 Å². The second-order valence-electron chi connectivity index (χ2n) is 20.9. The molecule has 0 aromatic rings. The molecule has 6 heteroatoms. The molecule has 0 rings (SSSR count). The zero-order chi connectivity index (χ0) is 54.3. The minimum Gasteiger partial charge on any atom is -0.462 e. The van der Waals surface area contributed by atoms with Crippen LogP contribution in [0.2, 0.25) is 0 Å². The topological polar surface area (TPSA) is 78.9 Å². The number of esters is 3. The van der Waals surface area contributed by atoms with Crippen molar-refractivity contribution >= 4 is 17.9 Å². The highest BCUT2D eigenvalue weighted by molar-refractivity contribution is 5.71. The lowest BCUT2D eigenvalue weighted by Gasteiger charge is -2.18. The van der Waals surface area contributed by atoms with Crippen LogP contribution < -0.4 is 0 Å². The third kappa shape index (κ3) is 61.1. The molecule has 0 spiro atoms. The van der Waals surface area contributed by atoms with Gasteiger partial charge in [0.15, 0.2) is 6.10 Å². The summed E-state index contributed by atoms with van der Waals surface area (Å²) in [6.07, 6.45) is 84.3. The minimum atomic E-state index is -0.782. The largest absolute Gasteiger partial charge is 0.462 e. The lowest BCUT2D eigenvalue weighted by molar-refractivity contribution is -0.167. The number of hydrogen-bond donors (Lipinski definition) is 0. The summed E-state index contributed by atoms with van der Waals surface area (Å²) < 4.78 is 16.9. The highest BCUT2D eigenvalue weighted by Gasteiger charge is 2.19. The SMILES string of the molecule is CC/C=C\C/C=C\C/C=C\C/C=C\C/C=C\C/C=C\CCCCCCCCCCCCCCCCC(=O)OCC(COC(=O)CCCCCCCCCCCCC)OC(=O)CCCCCCC/C=C\C/C=C\CCC. The normalized spacial score (nSPS) is 12.7. The first-order valence-corrected chi connectivity index (χ1v) is 31.7. The lowest BCUT2D eigenvalue weighted by Crippen LogP contribution is -2.30. The molecule has 0 aliphatic carbocycles. The van der Waals surface area contributed by atoms with Gasteiger partial charge in [-0.25, -0.2) is 0 Å². The summed E-state index contributed by atoms with van der Waals surface area (Å²) in [7, 11) is 0. The number of rotatable bonds is 57. The zero-order valence-electron chi connectivity index (χ0n) is 49.3. The maximum Gasteiger partial charge on any atom is 0.306 e. The Bertz CT molecular complexity index is 1480. The fraction of sp³-hybridized carbons (Fsp3) is 0.725. The number of carbonyl (C=O) groups is 3. The predicted molar refractivity (Wildman–Crippen MR) is 325 cm³/mol. The van der Waals surface area contributed by atoms with E-state index in [9.17, 15) is 14.4 Å². The third-order valence-electron chi connectivity index (χ3n) is 13.6. The fourth-order valence-electron chi connectivity index (χ4n) is 8.84. The van der Waals surface area contributed by atoms with Gasteiger partial charge in [-0.3, -0.25) is 14.4 Å². The molecule has 0 N–H and O–H groups in total. The summed E-state index contributed by atoms with van der Waals surface area (Å²) in [5.41, 5.74) is 0. The van der Waals surface area contributed by atoms with Gasteiger partial charge in [0, 0.05) is 19.3 Å². The van der Waals surface area contributed by atoms with Gasteiger partial charge in [-0.1, -0.05) is 285 Å². The molecular formula is C69H118O6. The van der Waals surface area contributed by atoms with Crippen LogP contribution in [0.4, 0.5) is 0 Å². The number of allylic oxidation sites excluding steroid dienone is 16. The highest BCUT2D eigenvalue weighted by Crippen LogP contribution is 2.16. The minimum absolute atomic E-state index is 0.0793.